The van der Waals surface area contributed by atoms with Crippen LogP contribution in [0.25, 0.3) is 0 Å². The Kier molecular flexibility index (Phi) is 3.31. The Bertz CT molecular complexity index is 656. The molecule has 3 rings (SSSR count). The molecule has 1 aliphatic heterocycles. The first-order valence-electron chi connectivity index (χ1n) is 6.48. The Balaban J connectivity index is 1.94. The minimum Gasteiger partial charge on any atom is -0.508 e. The molecule has 0 radical (unpaired) electrons. The maximum absolute atomic E-state index is 10.2. The Labute approximate surface area is 121 Å². The molecular weight excluding hydrogens is 274 g/mol. The third-order valence-electron chi connectivity index (χ3n) is 3.48. The largest absolute Gasteiger partial charge is 0.508 e. The monoisotopic (exact) mass is 289 g/mol. The summed E-state index contributed by atoms with van der Waals surface area (Å²) >= 11 is 0. The number of aliphatic hydroxyl groups excluding tert-OH is 1. The summed E-state index contributed by atoms with van der Waals surface area (Å²) in [4.78, 5) is 4.09. The third kappa shape index (κ3) is 2.45. The van der Waals surface area contributed by atoms with Crippen molar-refractivity contribution >= 4 is 0 Å². The number of benzene rings is 1. The highest BCUT2D eigenvalue weighted by Gasteiger charge is 2.32. The number of aliphatic hydroxyl groups is 1. The molecule has 0 saturated heterocycles. The van der Waals surface area contributed by atoms with Crippen molar-refractivity contribution in [2.45, 2.75) is 18.6 Å². The lowest BCUT2D eigenvalue weighted by atomic mass is 9.95. The number of aromatic nitrogens is 1. The quantitative estimate of drug-likeness (QED) is 0.776. The van der Waals surface area contributed by atoms with Crippen LogP contribution >= 0.6 is 0 Å². The van der Waals surface area contributed by atoms with Crippen molar-refractivity contribution in [1.29, 1.82) is 0 Å². The van der Waals surface area contributed by atoms with Crippen LogP contribution in [0.3, 0.4) is 0 Å². The van der Waals surface area contributed by atoms with Crippen molar-refractivity contribution < 1.29 is 24.8 Å². The highest BCUT2D eigenvalue weighted by Crippen LogP contribution is 2.41. The van der Waals surface area contributed by atoms with E-state index in [-0.39, 0.29) is 17.9 Å². The Hall–Kier alpha value is -2.47. The summed E-state index contributed by atoms with van der Waals surface area (Å²) in [7, 11) is 1.52. The first-order valence-corrected chi connectivity index (χ1v) is 6.48. The fourth-order valence-corrected chi connectivity index (χ4v) is 2.43. The number of fused-ring (bicyclic) bond motifs is 1. The molecule has 0 amide bonds. The first-order chi connectivity index (χ1) is 10.1. The molecule has 21 heavy (non-hydrogen) atoms. The topological polar surface area (TPSA) is 92.0 Å². The van der Waals surface area contributed by atoms with Crippen molar-refractivity contribution in [2.75, 3.05) is 7.11 Å². The van der Waals surface area contributed by atoms with Crippen LogP contribution < -0.4 is 9.47 Å². The predicted molar refractivity (Wildman–Crippen MR) is 73.6 cm³/mol. The van der Waals surface area contributed by atoms with Crippen molar-refractivity contribution in [2.24, 2.45) is 0 Å². The maximum Gasteiger partial charge on any atom is 0.212 e. The number of pyridine rings is 1. The average Bonchev–Trinajstić information content (AvgIpc) is 2.48. The van der Waals surface area contributed by atoms with Crippen LogP contribution in [0.1, 0.15) is 17.2 Å². The van der Waals surface area contributed by atoms with Crippen molar-refractivity contribution in [3.63, 3.8) is 0 Å². The van der Waals surface area contributed by atoms with E-state index in [9.17, 15) is 15.3 Å². The van der Waals surface area contributed by atoms with Gasteiger partial charge in [0.1, 0.15) is 17.2 Å². The number of methoxy groups -OCH3 is 1. The summed E-state index contributed by atoms with van der Waals surface area (Å²) in [6, 6.07) is 6.09. The van der Waals surface area contributed by atoms with E-state index in [1.54, 1.807) is 18.3 Å². The lowest BCUT2D eigenvalue weighted by Crippen LogP contribution is -2.30. The summed E-state index contributed by atoms with van der Waals surface area (Å²) in [5.41, 5.74) is 1.18. The van der Waals surface area contributed by atoms with Gasteiger partial charge < -0.3 is 24.8 Å². The molecule has 0 spiro atoms. The van der Waals surface area contributed by atoms with Crippen molar-refractivity contribution in [3.8, 4) is 23.1 Å². The van der Waals surface area contributed by atoms with E-state index in [1.807, 2.05) is 0 Å². The lowest BCUT2D eigenvalue weighted by Gasteiger charge is -2.31. The summed E-state index contributed by atoms with van der Waals surface area (Å²) < 4.78 is 10.7. The van der Waals surface area contributed by atoms with Gasteiger partial charge in [-0.1, -0.05) is 0 Å². The highest BCUT2D eigenvalue weighted by molar-refractivity contribution is 5.51. The highest BCUT2D eigenvalue weighted by atomic mass is 16.5. The minimum atomic E-state index is -0.817. The standard InChI is InChI=1S/C15H15NO5/c1-20-14-3-2-8(7-16-14)15-12(19)6-10-11(18)4-9(17)5-13(10)21-15/h2-5,7,12,15,17-19H,6H2,1H3. The third-order valence-corrected chi connectivity index (χ3v) is 3.48. The Morgan fingerprint density at radius 2 is 2.10 bits per heavy atom. The zero-order valence-electron chi connectivity index (χ0n) is 11.4. The Morgan fingerprint density at radius 3 is 2.76 bits per heavy atom. The number of phenols is 2. The van der Waals surface area contributed by atoms with Crippen LogP contribution in [0.4, 0.5) is 0 Å². The number of rotatable bonds is 2. The SMILES string of the molecule is COc1ccc(C2Oc3cc(O)cc(O)c3CC2O)cn1. The average molecular weight is 289 g/mol. The maximum atomic E-state index is 10.2. The number of phenolic OH excluding ortho intramolecular Hbond substituents is 2. The Morgan fingerprint density at radius 1 is 1.29 bits per heavy atom. The second-order valence-corrected chi connectivity index (χ2v) is 4.89. The van der Waals surface area contributed by atoms with Gasteiger partial charge in [-0.3, -0.25) is 0 Å². The number of hydrogen-bond acceptors (Lipinski definition) is 6. The van der Waals surface area contributed by atoms with E-state index in [4.69, 9.17) is 9.47 Å². The molecule has 2 unspecified atom stereocenters. The van der Waals surface area contributed by atoms with Gasteiger partial charge in [0.15, 0.2) is 6.10 Å². The van der Waals surface area contributed by atoms with Gasteiger partial charge in [0.25, 0.3) is 0 Å². The van der Waals surface area contributed by atoms with Gasteiger partial charge in [-0.05, 0) is 6.07 Å². The molecule has 0 fully saturated rings. The van der Waals surface area contributed by atoms with Gasteiger partial charge in [0.2, 0.25) is 5.88 Å². The fraction of sp³-hybridized carbons (Fsp3) is 0.267. The molecule has 1 aromatic carbocycles. The van der Waals surface area contributed by atoms with E-state index in [0.717, 1.165) is 0 Å². The number of hydrogen-bond donors (Lipinski definition) is 3. The molecule has 6 nitrogen and oxygen atoms in total. The molecule has 2 heterocycles. The van der Waals surface area contributed by atoms with Crippen LogP contribution in [0.5, 0.6) is 23.1 Å². The van der Waals surface area contributed by atoms with Gasteiger partial charge in [0, 0.05) is 41.9 Å². The minimum absolute atomic E-state index is 0.0876. The van der Waals surface area contributed by atoms with Gasteiger partial charge in [-0.2, -0.15) is 0 Å². The number of aromatic hydroxyl groups is 2. The summed E-state index contributed by atoms with van der Waals surface area (Å²) in [5.74, 6) is 0.656. The molecule has 6 heteroatoms. The van der Waals surface area contributed by atoms with Crippen LogP contribution in [-0.2, 0) is 6.42 Å². The van der Waals surface area contributed by atoms with E-state index >= 15 is 0 Å². The normalized spacial score (nSPS) is 20.5. The van der Waals surface area contributed by atoms with Crippen molar-refractivity contribution in [3.05, 3.63) is 41.6 Å². The van der Waals surface area contributed by atoms with Crippen LogP contribution in [0, 0.1) is 0 Å². The van der Waals surface area contributed by atoms with Crippen molar-refractivity contribution in [1.82, 2.24) is 4.98 Å². The molecule has 0 saturated carbocycles. The van der Waals surface area contributed by atoms with Gasteiger partial charge >= 0.3 is 0 Å². The van der Waals surface area contributed by atoms with Crippen LogP contribution in [0.15, 0.2) is 30.5 Å². The second kappa shape index (κ2) is 5.14. The van der Waals surface area contributed by atoms with Crippen LogP contribution in [-0.4, -0.2) is 33.5 Å². The van der Waals surface area contributed by atoms with E-state index in [1.165, 1.54) is 19.2 Å². The first kappa shape index (κ1) is 13.5. The molecular formula is C15H15NO5. The smallest absolute Gasteiger partial charge is 0.212 e. The van der Waals surface area contributed by atoms with Gasteiger partial charge in [-0.25, -0.2) is 4.98 Å². The van der Waals surface area contributed by atoms with E-state index < -0.39 is 12.2 Å². The summed E-state index contributed by atoms with van der Waals surface area (Å²) in [5, 5.41) is 29.6. The fourth-order valence-electron chi connectivity index (χ4n) is 2.43. The molecule has 2 atom stereocenters. The molecule has 1 aliphatic rings. The van der Waals surface area contributed by atoms with Gasteiger partial charge in [-0.15, -0.1) is 0 Å². The zero-order valence-corrected chi connectivity index (χ0v) is 11.4. The molecule has 0 bridgehead atoms. The van der Waals surface area contributed by atoms with Gasteiger partial charge in [0.05, 0.1) is 13.2 Å². The van der Waals surface area contributed by atoms with E-state index in [0.29, 0.717) is 22.8 Å². The molecule has 0 aliphatic carbocycles. The number of nitrogens with zero attached hydrogens (tertiary/aromatic N) is 1. The predicted octanol–water partition coefficient (Wildman–Crippen LogP) is 1.54. The molecule has 110 valence electrons. The second-order valence-electron chi connectivity index (χ2n) is 4.89. The summed E-state index contributed by atoms with van der Waals surface area (Å²) in [6.07, 6.45) is 0.374. The molecule has 1 aromatic heterocycles. The lowest BCUT2D eigenvalue weighted by molar-refractivity contribution is 0.0196. The molecule has 3 N–H and O–H groups in total. The molecule has 2 aromatic rings. The zero-order chi connectivity index (χ0) is 15.0. The summed E-state index contributed by atoms with van der Waals surface area (Å²) in [6.45, 7) is 0. The number of ether oxygens (including phenoxy) is 2. The van der Waals surface area contributed by atoms with E-state index in [2.05, 4.69) is 4.98 Å². The van der Waals surface area contributed by atoms with Crippen LogP contribution in [0.2, 0.25) is 0 Å².